The molecule has 0 aliphatic heterocycles. The molecule has 0 fully saturated rings. The van der Waals surface area contributed by atoms with Crippen LogP contribution in [0.5, 0.6) is 0 Å². The molecular formula is C14H24N2. The highest BCUT2D eigenvalue weighted by atomic mass is 14.7. The lowest BCUT2D eigenvalue weighted by Crippen LogP contribution is -1.79. The van der Waals surface area contributed by atoms with Crippen LogP contribution in [0.3, 0.4) is 0 Å². The Kier molecular flexibility index (Phi) is 14.5. The first-order valence-electron chi connectivity index (χ1n) is 5.98. The molecule has 0 aliphatic carbocycles. The van der Waals surface area contributed by atoms with E-state index in [1.807, 2.05) is 19.1 Å². The fraction of sp³-hybridized carbons (Fsp3) is 0.571. The van der Waals surface area contributed by atoms with Crippen molar-refractivity contribution < 1.29 is 0 Å². The number of nitriles is 1. The third-order valence-corrected chi connectivity index (χ3v) is 1.54. The van der Waals surface area contributed by atoms with E-state index in [1.54, 1.807) is 12.3 Å². The average molecular weight is 220 g/mol. The van der Waals surface area contributed by atoms with Crippen molar-refractivity contribution in [2.24, 2.45) is 0 Å². The highest BCUT2D eigenvalue weighted by Gasteiger charge is 1.86. The lowest BCUT2D eigenvalue weighted by Gasteiger charge is -1.87. The lowest BCUT2D eigenvalue weighted by atomic mass is 10.3. The minimum Gasteiger partial charge on any atom is -0.260 e. The molecule has 2 heteroatoms. The number of nitrogens with zero attached hydrogens (tertiary/aromatic N) is 2. The first-order chi connectivity index (χ1) is 7.65. The van der Waals surface area contributed by atoms with Gasteiger partial charge in [-0.1, -0.05) is 47.0 Å². The predicted octanol–water partition coefficient (Wildman–Crippen LogP) is 4.48. The standard InChI is InChI=1S/C7H6N2.C4H10.C3H8/c1-6-2-3-7(4-8)5-9-6;1-3-4-2;1-3-2/h2-3,5H,1H3;3-4H2,1-2H3;3H2,1-2H3. The lowest BCUT2D eigenvalue weighted by molar-refractivity contribution is 0.886. The van der Waals surface area contributed by atoms with E-state index >= 15 is 0 Å². The zero-order valence-electron chi connectivity index (χ0n) is 11.2. The molecule has 0 atom stereocenters. The van der Waals surface area contributed by atoms with E-state index in [0.29, 0.717) is 5.56 Å². The van der Waals surface area contributed by atoms with Gasteiger partial charge in [-0.3, -0.25) is 4.98 Å². The van der Waals surface area contributed by atoms with E-state index in [4.69, 9.17) is 5.26 Å². The summed E-state index contributed by atoms with van der Waals surface area (Å²) < 4.78 is 0. The summed E-state index contributed by atoms with van der Waals surface area (Å²) in [6.45, 7) is 10.5. The highest BCUT2D eigenvalue weighted by molar-refractivity contribution is 5.25. The second-order valence-corrected chi connectivity index (χ2v) is 3.51. The van der Waals surface area contributed by atoms with Crippen molar-refractivity contribution in [3.63, 3.8) is 0 Å². The molecular weight excluding hydrogens is 196 g/mol. The number of rotatable bonds is 1. The maximum absolute atomic E-state index is 8.34. The van der Waals surface area contributed by atoms with Crippen LogP contribution in [0.1, 0.15) is 58.2 Å². The smallest absolute Gasteiger partial charge is 0.101 e. The van der Waals surface area contributed by atoms with Gasteiger partial charge in [-0.05, 0) is 19.1 Å². The van der Waals surface area contributed by atoms with Crippen LogP contribution in [-0.2, 0) is 0 Å². The fourth-order valence-corrected chi connectivity index (χ4v) is 0.534. The number of unbranched alkanes of at least 4 members (excludes halogenated alkanes) is 1. The Bertz CT molecular complexity index is 268. The summed E-state index contributed by atoms with van der Waals surface area (Å²) in [4.78, 5) is 3.93. The second-order valence-electron chi connectivity index (χ2n) is 3.51. The van der Waals surface area contributed by atoms with E-state index in [2.05, 4.69) is 32.7 Å². The van der Waals surface area contributed by atoms with Gasteiger partial charge in [0.05, 0.1) is 5.56 Å². The van der Waals surface area contributed by atoms with Gasteiger partial charge in [-0.15, -0.1) is 0 Å². The molecule has 0 N–H and O–H groups in total. The van der Waals surface area contributed by atoms with Gasteiger partial charge in [0, 0.05) is 11.9 Å². The fourth-order valence-electron chi connectivity index (χ4n) is 0.534. The molecule has 1 aromatic rings. The van der Waals surface area contributed by atoms with Crippen LogP contribution in [0, 0.1) is 18.3 Å². The van der Waals surface area contributed by atoms with Gasteiger partial charge >= 0.3 is 0 Å². The van der Waals surface area contributed by atoms with Crippen LogP contribution in [-0.4, -0.2) is 4.98 Å². The van der Waals surface area contributed by atoms with Crippen molar-refractivity contribution in [3.8, 4) is 6.07 Å². The summed E-state index contributed by atoms with van der Waals surface area (Å²) in [5.74, 6) is 0. The number of aryl methyl sites for hydroxylation is 1. The first-order valence-corrected chi connectivity index (χ1v) is 5.98. The second kappa shape index (κ2) is 13.6. The predicted molar refractivity (Wildman–Crippen MR) is 70.2 cm³/mol. The Morgan fingerprint density at radius 1 is 1.12 bits per heavy atom. The molecule has 0 aromatic carbocycles. The Balaban J connectivity index is 0. The summed E-state index contributed by atoms with van der Waals surface area (Å²) in [5, 5.41) is 8.34. The molecule has 16 heavy (non-hydrogen) atoms. The van der Waals surface area contributed by atoms with Crippen molar-refractivity contribution >= 4 is 0 Å². The highest BCUT2D eigenvalue weighted by Crippen LogP contribution is 1.95. The minimum absolute atomic E-state index is 0.612. The van der Waals surface area contributed by atoms with Gasteiger partial charge in [0.1, 0.15) is 6.07 Å². The maximum Gasteiger partial charge on any atom is 0.101 e. The monoisotopic (exact) mass is 220 g/mol. The Morgan fingerprint density at radius 2 is 1.62 bits per heavy atom. The Morgan fingerprint density at radius 3 is 1.88 bits per heavy atom. The van der Waals surface area contributed by atoms with Gasteiger partial charge in [0.25, 0.3) is 0 Å². The van der Waals surface area contributed by atoms with E-state index in [-0.39, 0.29) is 0 Å². The van der Waals surface area contributed by atoms with Crippen molar-refractivity contribution in [1.29, 1.82) is 5.26 Å². The van der Waals surface area contributed by atoms with Gasteiger partial charge in [0.2, 0.25) is 0 Å². The Labute approximate surface area is 100 Å². The van der Waals surface area contributed by atoms with Crippen molar-refractivity contribution in [2.45, 2.75) is 53.9 Å². The van der Waals surface area contributed by atoms with Gasteiger partial charge in [-0.2, -0.15) is 5.26 Å². The van der Waals surface area contributed by atoms with E-state index in [9.17, 15) is 0 Å². The van der Waals surface area contributed by atoms with E-state index in [0.717, 1.165) is 5.69 Å². The average Bonchev–Trinajstić information content (AvgIpc) is 2.31. The zero-order valence-corrected chi connectivity index (χ0v) is 11.2. The molecule has 0 saturated carbocycles. The third-order valence-electron chi connectivity index (χ3n) is 1.54. The summed E-state index contributed by atoms with van der Waals surface area (Å²) >= 11 is 0. The molecule has 0 radical (unpaired) electrons. The van der Waals surface area contributed by atoms with Crippen molar-refractivity contribution in [2.75, 3.05) is 0 Å². The largest absolute Gasteiger partial charge is 0.260 e. The van der Waals surface area contributed by atoms with Crippen LogP contribution < -0.4 is 0 Å². The first kappa shape index (κ1) is 17.0. The molecule has 0 spiro atoms. The number of hydrogen-bond donors (Lipinski definition) is 0. The zero-order chi connectivity index (χ0) is 12.8. The number of aromatic nitrogens is 1. The molecule has 0 saturated heterocycles. The summed E-state index contributed by atoms with van der Waals surface area (Å²) in [6.07, 6.45) is 5.45. The molecule has 90 valence electrons. The van der Waals surface area contributed by atoms with Crippen molar-refractivity contribution in [1.82, 2.24) is 4.98 Å². The normalized spacial score (nSPS) is 7.75. The number of hydrogen-bond acceptors (Lipinski definition) is 2. The summed E-state index contributed by atoms with van der Waals surface area (Å²) in [5.41, 5.74) is 1.55. The molecule has 0 amide bonds. The minimum atomic E-state index is 0.612. The molecule has 1 heterocycles. The quantitative estimate of drug-likeness (QED) is 0.699. The Hall–Kier alpha value is -1.36. The molecule has 1 aromatic heterocycles. The van der Waals surface area contributed by atoms with Crippen LogP contribution in [0.2, 0.25) is 0 Å². The third kappa shape index (κ3) is 12.6. The van der Waals surface area contributed by atoms with Crippen LogP contribution >= 0.6 is 0 Å². The number of pyridine rings is 1. The van der Waals surface area contributed by atoms with Crippen LogP contribution in [0.25, 0.3) is 0 Å². The molecule has 1 rings (SSSR count). The van der Waals surface area contributed by atoms with Crippen LogP contribution in [0.4, 0.5) is 0 Å². The summed E-state index contributed by atoms with van der Waals surface area (Å²) in [6, 6.07) is 5.56. The van der Waals surface area contributed by atoms with E-state index in [1.165, 1.54) is 19.3 Å². The van der Waals surface area contributed by atoms with Gasteiger partial charge in [0.15, 0.2) is 0 Å². The van der Waals surface area contributed by atoms with Crippen LogP contribution in [0.15, 0.2) is 18.3 Å². The van der Waals surface area contributed by atoms with Crippen molar-refractivity contribution in [3.05, 3.63) is 29.6 Å². The SMILES string of the molecule is CCC.CCCC.Cc1ccc(C#N)cn1. The molecule has 0 bridgehead atoms. The molecule has 2 nitrogen and oxygen atoms in total. The summed E-state index contributed by atoms with van der Waals surface area (Å²) in [7, 11) is 0. The topological polar surface area (TPSA) is 36.7 Å². The molecule has 0 unspecified atom stereocenters. The molecule has 0 aliphatic rings. The van der Waals surface area contributed by atoms with Gasteiger partial charge in [-0.25, -0.2) is 0 Å². The maximum atomic E-state index is 8.34. The van der Waals surface area contributed by atoms with Gasteiger partial charge < -0.3 is 0 Å². The van der Waals surface area contributed by atoms with E-state index < -0.39 is 0 Å².